The van der Waals surface area contributed by atoms with Gasteiger partial charge >= 0.3 is 19.4 Å². The van der Waals surface area contributed by atoms with Gasteiger partial charge in [-0.3, -0.25) is 14.4 Å². The lowest BCUT2D eigenvalue weighted by molar-refractivity contribution is -0.150. The number of aliphatic hydroxyl groups is 2. The number of carbonyl (C=O) groups is 3. The van der Waals surface area contributed by atoms with Crippen molar-refractivity contribution in [1.82, 2.24) is 0 Å². The number of carboxylic acids is 2. The summed E-state index contributed by atoms with van der Waals surface area (Å²) in [6, 6.07) is 47.2. The summed E-state index contributed by atoms with van der Waals surface area (Å²) in [5, 5.41) is 45.9. The zero-order valence-corrected chi connectivity index (χ0v) is 45.1. The highest BCUT2D eigenvalue weighted by Gasteiger charge is 2.32. The first-order chi connectivity index (χ1) is 35.1. The first-order valence-electron chi connectivity index (χ1n) is 23.6. The van der Waals surface area contributed by atoms with Gasteiger partial charge in [-0.1, -0.05) is 168 Å². The van der Waals surface area contributed by atoms with E-state index >= 15 is 0 Å². The molecule has 7 aromatic carbocycles. The molecule has 2 unspecified atom stereocenters. The lowest BCUT2D eigenvalue weighted by atomic mass is 9.84. The topological polar surface area (TPSA) is 210 Å². The Hall–Kier alpha value is -6.64. The molecule has 0 saturated heterocycles. The summed E-state index contributed by atoms with van der Waals surface area (Å²) >= 11 is 17.6. The van der Waals surface area contributed by atoms with Crippen LogP contribution < -0.4 is 11.2 Å². The van der Waals surface area contributed by atoms with Crippen LogP contribution >= 0.6 is 34.8 Å². The summed E-state index contributed by atoms with van der Waals surface area (Å²) in [6.45, 7) is 10.3. The molecule has 0 aliphatic heterocycles. The second-order valence-electron chi connectivity index (χ2n) is 18.2. The minimum absolute atomic E-state index is 0. The SMILES string of the molecule is CC(N)(CO)C(=O)O.Cc1ccc(C=O)cc1/C=C/c1cccc(-c2ccc(Cl)cc2)c1C.Cc1ccc(CCC(C)(CO)C(=O)O)cc1/C=C/c1cccc(-c2ccc(Cl)cc2)c1C.O.O[B]c1ccc(Cl)cc1. The fourth-order valence-corrected chi connectivity index (χ4v) is 7.52. The molecule has 1 radical (unpaired) electrons. The van der Waals surface area contributed by atoms with Gasteiger partial charge < -0.3 is 36.7 Å². The monoisotopic (exact) mass is 1070 g/mol. The van der Waals surface area contributed by atoms with Gasteiger partial charge in [0.05, 0.1) is 18.6 Å². The summed E-state index contributed by atoms with van der Waals surface area (Å²) in [5.41, 5.74) is 18.7. The minimum atomic E-state index is -1.49. The van der Waals surface area contributed by atoms with Crippen molar-refractivity contribution in [3.63, 3.8) is 0 Å². The minimum Gasteiger partial charge on any atom is -0.481 e. The highest BCUT2D eigenvalue weighted by Crippen LogP contribution is 2.31. The molecular formula is C61H64BCl3NO9. The van der Waals surface area contributed by atoms with Crippen LogP contribution in [0, 0.1) is 33.1 Å². The fourth-order valence-electron chi connectivity index (χ4n) is 7.14. The van der Waals surface area contributed by atoms with Crippen LogP contribution in [0.25, 0.3) is 46.6 Å². The second kappa shape index (κ2) is 30.1. The molecule has 0 aliphatic rings. The first kappa shape index (κ1) is 62.7. The number of rotatable bonds is 15. The number of carboxylic acid groups (broad SMARTS) is 2. The van der Waals surface area contributed by atoms with E-state index in [9.17, 15) is 24.6 Å². The zero-order valence-electron chi connectivity index (χ0n) is 42.8. The Balaban J connectivity index is 0.000000303. The predicted octanol–water partition coefficient (Wildman–Crippen LogP) is 11.9. The Kier molecular flexibility index (Phi) is 25.1. The number of aldehydes is 1. The fraction of sp³-hybridized carbons (Fsp3) is 0.197. The summed E-state index contributed by atoms with van der Waals surface area (Å²) in [7, 11) is 1.04. The van der Waals surface area contributed by atoms with Crippen LogP contribution in [-0.2, 0) is 16.0 Å². The predicted molar refractivity (Wildman–Crippen MR) is 310 cm³/mol. The van der Waals surface area contributed by atoms with Crippen molar-refractivity contribution in [3.05, 3.63) is 216 Å². The molecule has 7 aromatic rings. The van der Waals surface area contributed by atoms with Gasteiger partial charge in [0.25, 0.3) is 0 Å². The van der Waals surface area contributed by atoms with Crippen molar-refractivity contribution in [2.75, 3.05) is 13.2 Å². The number of aliphatic carboxylic acids is 2. The molecule has 0 aromatic heterocycles. The average molecular weight is 1070 g/mol. The quantitative estimate of drug-likeness (QED) is 0.0327. The standard InChI is InChI=1S/C28H29ClO3.C23H19ClO.C6H5BClO.C4H9NO3.H2O/c1-19-7-8-21(15-16-28(3,18-30)27(31)32)17-24(19)10-9-22-5-4-6-26(20(22)2)23-11-13-25(29)14-12-23;1-16-6-7-18(15-25)14-21(16)9-8-19-4-3-5-23(17(19)2)20-10-12-22(24)13-11-20;8-6-3-1-5(7-9)2-4-6;1-4(5,2-6)3(7)8;/h4-14,17,30H,15-16,18H2,1-3H3,(H,31,32);3-15H,1-2H3;1-4,9H;6H,2,5H2,1H3,(H,7,8);1H2/b10-9+;9-8+;;;. The number of halogens is 3. The van der Waals surface area contributed by atoms with Crippen molar-refractivity contribution in [3.8, 4) is 22.3 Å². The number of aliphatic hydroxyl groups excluding tert-OH is 2. The van der Waals surface area contributed by atoms with Crippen molar-refractivity contribution in [2.24, 2.45) is 11.1 Å². The molecule has 7 rings (SSSR count). The van der Waals surface area contributed by atoms with Crippen LogP contribution in [-0.4, -0.2) is 75.4 Å². The lowest BCUT2D eigenvalue weighted by Gasteiger charge is -2.21. The normalized spacial score (nSPS) is 12.3. The molecule has 75 heavy (non-hydrogen) atoms. The Bertz CT molecular complexity index is 3050. The summed E-state index contributed by atoms with van der Waals surface area (Å²) in [5.74, 6) is -2.16. The third-order valence-corrected chi connectivity index (χ3v) is 13.2. The molecule has 0 aliphatic carbocycles. The van der Waals surface area contributed by atoms with Gasteiger partial charge in [0.15, 0.2) is 0 Å². The Morgan fingerprint density at radius 2 is 1.00 bits per heavy atom. The number of nitrogens with two attached hydrogens (primary N) is 1. The van der Waals surface area contributed by atoms with Gasteiger partial charge in [-0.2, -0.15) is 0 Å². The van der Waals surface area contributed by atoms with Gasteiger partial charge in [-0.05, 0) is 169 Å². The van der Waals surface area contributed by atoms with Crippen LogP contribution in [0.15, 0.2) is 146 Å². The zero-order chi connectivity index (χ0) is 54.6. The molecule has 0 amide bonds. The van der Waals surface area contributed by atoms with Gasteiger partial charge in [-0.25, -0.2) is 0 Å². The van der Waals surface area contributed by atoms with Crippen molar-refractivity contribution < 1.29 is 45.3 Å². The molecule has 0 fully saturated rings. The molecule has 10 nitrogen and oxygen atoms in total. The van der Waals surface area contributed by atoms with E-state index in [4.69, 9.17) is 55.8 Å². The maximum Gasteiger partial charge on any atom is 0.326 e. The van der Waals surface area contributed by atoms with Crippen LogP contribution in [0.3, 0.4) is 0 Å². The number of carbonyl (C=O) groups excluding carboxylic acids is 1. The number of benzene rings is 7. The van der Waals surface area contributed by atoms with Crippen molar-refractivity contribution in [2.45, 2.75) is 59.9 Å². The number of hydrogen-bond donors (Lipinski definition) is 6. The van der Waals surface area contributed by atoms with Crippen LogP contribution in [0.5, 0.6) is 0 Å². The summed E-state index contributed by atoms with van der Waals surface area (Å²) in [4.78, 5) is 32.4. The van der Waals surface area contributed by atoms with E-state index in [1.165, 1.54) is 29.2 Å². The van der Waals surface area contributed by atoms with Gasteiger partial charge in [0.1, 0.15) is 11.8 Å². The number of aryl methyl sites for hydroxylation is 3. The van der Waals surface area contributed by atoms with Crippen LogP contribution in [0.2, 0.25) is 15.1 Å². The summed E-state index contributed by atoms with van der Waals surface area (Å²) < 4.78 is 0. The number of hydrogen-bond acceptors (Lipinski definition) is 7. The van der Waals surface area contributed by atoms with Gasteiger partial charge in [0.2, 0.25) is 0 Å². The van der Waals surface area contributed by atoms with Gasteiger partial charge in [0, 0.05) is 20.6 Å². The Morgan fingerprint density at radius 3 is 1.39 bits per heavy atom. The van der Waals surface area contributed by atoms with E-state index in [1.54, 1.807) is 31.2 Å². The Morgan fingerprint density at radius 1 is 0.573 bits per heavy atom. The maximum absolute atomic E-state index is 11.5. The Labute approximate surface area is 456 Å². The van der Waals surface area contributed by atoms with Crippen molar-refractivity contribution >= 4 is 90.3 Å². The molecule has 0 heterocycles. The highest BCUT2D eigenvalue weighted by molar-refractivity contribution is 6.45. The summed E-state index contributed by atoms with van der Waals surface area (Å²) in [6.07, 6.45) is 10.2. The van der Waals surface area contributed by atoms with Crippen molar-refractivity contribution in [1.29, 1.82) is 0 Å². The average Bonchev–Trinajstić information content (AvgIpc) is 3.39. The van der Waals surface area contributed by atoms with E-state index in [0.717, 1.165) is 79.3 Å². The van der Waals surface area contributed by atoms with Crippen LogP contribution in [0.4, 0.5) is 0 Å². The van der Waals surface area contributed by atoms with E-state index in [2.05, 4.69) is 93.6 Å². The van der Waals surface area contributed by atoms with E-state index < -0.39 is 29.5 Å². The van der Waals surface area contributed by atoms with E-state index in [0.29, 0.717) is 23.4 Å². The molecule has 0 spiro atoms. The smallest absolute Gasteiger partial charge is 0.326 e. The third-order valence-electron chi connectivity index (χ3n) is 12.4. The van der Waals surface area contributed by atoms with Gasteiger partial charge in [-0.15, -0.1) is 0 Å². The molecule has 0 bridgehead atoms. The van der Waals surface area contributed by atoms with Crippen LogP contribution in [0.1, 0.15) is 80.7 Å². The lowest BCUT2D eigenvalue weighted by Crippen LogP contribution is -2.48. The molecular weight excluding hydrogens is 1010 g/mol. The molecule has 0 saturated carbocycles. The molecule has 14 heteroatoms. The largest absolute Gasteiger partial charge is 0.481 e. The second-order valence-corrected chi connectivity index (χ2v) is 19.5. The highest BCUT2D eigenvalue weighted by atomic mass is 35.5. The van der Waals surface area contributed by atoms with E-state index in [1.807, 2.05) is 79.7 Å². The molecule has 9 N–H and O–H groups in total. The maximum atomic E-state index is 11.5. The molecule has 2 atom stereocenters. The third kappa shape index (κ3) is 18.9. The molecule has 391 valence electrons. The van der Waals surface area contributed by atoms with E-state index in [-0.39, 0.29) is 12.1 Å². The first-order valence-corrected chi connectivity index (χ1v) is 24.7.